The maximum absolute atomic E-state index is 12.8. The summed E-state index contributed by atoms with van der Waals surface area (Å²) in [7, 11) is 1.66. The van der Waals surface area contributed by atoms with Gasteiger partial charge in [-0.1, -0.05) is 17.7 Å². The summed E-state index contributed by atoms with van der Waals surface area (Å²) in [4.78, 5) is 18.9. The average molecular weight is 427 g/mol. The number of hydrogen-bond acceptors (Lipinski definition) is 5. The molecule has 0 spiro atoms. The largest absolute Gasteiger partial charge is 0.490 e. The summed E-state index contributed by atoms with van der Waals surface area (Å²) in [5, 5.41) is 1.09. The fourth-order valence-corrected chi connectivity index (χ4v) is 4.00. The quantitative estimate of drug-likeness (QED) is 0.486. The average Bonchev–Trinajstić information content (AvgIpc) is 3.09. The third-order valence-electron chi connectivity index (χ3n) is 3.90. The molecule has 0 bridgehead atoms. The third kappa shape index (κ3) is 4.51. The van der Waals surface area contributed by atoms with Crippen LogP contribution in [0.2, 0.25) is 5.15 Å². The minimum absolute atomic E-state index is 0.0405. The molecule has 0 N–H and O–H groups in total. The number of fused-ring (bicyclic) bond motifs is 1. The molecule has 1 amide bonds. The van der Waals surface area contributed by atoms with Crippen molar-refractivity contribution in [1.82, 2.24) is 9.88 Å². The van der Waals surface area contributed by atoms with E-state index in [1.165, 1.54) is 22.3 Å². The first-order chi connectivity index (χ1) is 13.4. The Labute approximate surface area is 169 Å². The van der Waals surface area contributed by atoms with Crippen LogP contribution >= 0.6 is 22.9 Å². The van der Waals surface area contributed by atoms with E-state index in [2.05, 4.69) is 9.72 Å². The number of rotatable bonds is 7. The second kappa shape index (κ2) is 8.70. The number of thiophene rings is 1. The minimum Gasteiger partial charge on any atom is -0.490 e. The Morgan fingerprint density at radius 2 is 2.07 bits per heavy atom. The van der Waals surface area contributed by atoms with Crippen LogP contribution in [0.4, 0.5) is 8.78 Å². The molecule has 5 nitrogen and oxygen atoms in total. The van der Waals surface area contributed by atoms with E-state index >= 15 is 0 Å². The Hall–Kier alpha value is -2.45. The summed E-state index contributed by atoms with van der Waals surface area (Å²) in [6.45, 7) is -0.623. The molecule has 0 fully saturated rings. The van der Waals surface area contributed by atoms with Crippen LogP contribution in [-0.4, -0.2) is 36.1 Å². The highest BCUT2D eigenvalue weighted by Gasteiger charge is 2.18. The Bertz CT molecular complexity index is 996. The second-order valence-electron chi connectivity index (χ2n) is 5.88. The first kappa shape index (κ1) is 20.3. The molecule has 0 atom stereocenters. The molecule has 1 aromatic carbocycles. The van der Waals surface area contributed by atoms with Crippen LogP contribution in [0.3, 0.4) is 0 Å². The van der Waals surface area contributed by atoms with E-state index in [4.69, 9.17) is 16.3 Å². The van der Waals surface area contributed by atoms with Crippen LogP contribution in [0.5, 0.6) is 11.5 Å². The van der Waals surface area contributed by atoms with Crippen LogP contribution in [-0.2, 0) is 6.54 Å². The molecule has 0 saturated carbocycles. The predicted octanol–water partition coefficient (Wildman–Crippen LogP) is 5.22. The molecule has 2 heterocycles. The Morgan fingerprint density at radius 3 is 2.75 bits per heavy atom. The van der Waals surface area contributed by atoms with Gasteiger partial charge in [0.15, 0.2) is 11.5 Å². The maximum atomic E-state index is 12.8. The lowest BCUT2D eigenvalue weighted by atomic mass is 10.2. The third-order valence-corrected chi connectivity index (χ3v) is 5.29. The number of ether oxygens (including phenoxy) is 2. The number of carbonyl (C=O) groups is 1. The molecule has 3 aromatic rings. The zero-order valence-corrected chi connectivity index (χ0v) is 16.7. The summed E-state index contributed by atoms with van der Waals surface area (Å²) < 4.78 is 35.8. The van der Waals surface area contributed by atoms with Crippen LogP contribution in [0.1, 0.15) is 22.2 Å². The summed E-state index contributed by atoms with van der Waals surface area (Å²) in [5.74, 6) is -0.00905. The van der Waals surface area contributed by atoms with Gasteiger partial charge in [0.05, 0.1) is 11.5 Å². The highest BCUT2D eigenvalue weighted by Crippen LogP contribution is 2.32. The molecule has 9 heteroatoms. The Kier molecular flexibility index (Phi) is 6.31. The van der Waals surface area contributed by atoms with Crippen molar-refractivity contribution in [3.05, 3.63) is 52.1 Å². The smallest absolute Gasteiger partial charge is 0.387 e. The van der Waals surface area contributed by atoms with Crippen molar-refractivity contribution in [2.45, 2.75) is 20.1 Å². The van der Waals surface area contributed by atoms with Crippen molar-refractivity contribution in [2.24, 2.45) is 0 Å². The molecular weight excluding hydrogens is 410 g/mol. The molecule has 148 valence electrons. The molecular formula is C19H17ClF2N2O3S. The van der Waals surface area contributed by atoms with Gasteiger partial charge in [0.1, 0.15) is 5.15 Å². The highest BCUT2D eigenvalue weighted by atomic mass is 35.5. The summed E-state index contributed by atoms with van der Waals surface area (Å²) in [6, 6.07) is 8.15. The van der Waals surface area contributed by atoms with Crippen LogP contribution in [0.15, 0.2) is 36.5 Å². The molecule has 0 unspecified atom stereocenters. The van der Waals surface area contributed by atoms with Gasteiger partial charge in [-0.3, -0.25) is 4.79 Å². The first-order valence-corrected chi connectivity index (χ1v) is 9.58. The monoisotopic (exact) mass is 426 g/mol. The lowest BCUT2D eigenvalue weighted by molar-refractivity contribution is -0.0514. The standard InChI is InChI=1S/C19H17ClF2N2O3S/c1-3-26-14-8-11(4-5-13(14)27-19(21)22)10-24(2)18(25)16-9-12-15(28-16)6-7-23-17(12)20/h4-9,19H,3,10H2,1-2H3. The number of pyridine rings is 1. The van der Waals surface area contributed by atoms with Crippen LogP contribution in [0, 0.1) is 0 Å². The highest BCUT2D eigenvalue weighted by molar-refractivity contribution is 7.20. The summed E-state index contributed by atoms with van der Waals surface area (Å²) in [6.07, 6.45) is 1.59. The number of benzene rings is 1. The number of alkyl halides is 2. The Balaban J connectivity index is 1.79. The zero-order chi connectivity index (χ0) is 20.3. The van der Waals surface area contributed by atoms with E-state index < -0.39 is 6.61 Å². The lowest BCUT2D eigenvalue weighted by Gasteiger charge is -2.18. The van der Waals surface area contributed by atoms with Crippen LogP contribution < -0.4 is 9.47 Å². The van der Waals surface area contributed by atoms with E-state index in [0.717, 1.165) is 15.6 Å². The van der Waals surface area contributed by atoms with Crippen molar-refractivity contribution in [3.63, 3.8) is 0 Å². The first-order valence-electron chi connectivity index (χ1n) is 8.39. The van der Waals surface area contributed by atoms with Crippen molar-refractivity contribution < 1.29 is 23.0 Å². The molecule has 2 aromatic heterocycles. The summed E-state index contributed by atoms with van der Waals surface area (Å²) >= 11 is 7.41. The van der Waals surface area contributed by atoms with Gasteiger partial charge >= 0.3 is 6.61 Å². The number of carbonyl (C=O) groups excluding carboxylic acids is 1. The predicted molar refractivity (Wildman–Crippen MR) is 105 cm³/mol. The van der Waals surface area contributed by atoms with E-state index in [1.54, 1.807) is 44.4 Å². The second-order valence-corrected chi connectivity index (χ2v) is 7.32. The van der Waals surface area contributed by atoms with Gasteiger partial charge in [0.2, 0.25) is 0 Å². The number of halogens is 3. The van der Waals surface area contributed by atoms with Gasteiger partial charge in [-0.2, -0.15) is 8.78 Å². The fraction of sp³-hybridized carbons (Fsp3) is 0.263. The van der Waals surface area contributed by atoms with E-state index in [-0.39, 0.29) is 24.0 Å². The van der Waals surface area contributed by atoms with E-state index in [1.807, 2.05) is 0 Å². The van der Waals surface area contributed by atoms with Gasteiger partial charge in [-0.15, -0.1) is 11.3 Å². The number of amides is 1. The maximum Gasteiger partial charge on any atom is 0.387 e. The molecule has 28 heavy (non-hydrogen) atoms. The Morgan fingerprint density at radius 1 is 1.29 bits per heavy atom. The molecule has 3 rings (SSSR count). The van der Waals surface area contributed by atoms with Gasteiger partial charge in [0, 0.05) is 29.9 Å². The van der Waals surface area contributed by atoms with Crippen molar-refractivity contribution in [1.29, 1.82) is 0 Å². The molecule has 0 radical (unpaired) electrons. The number of nitrogens with zero attached hydrogens (tertiary/aromatic N) is 2. The minimum atomic E-state index is -2.94. The number of hydrogen-bond donors (Lipinski definition) is 0. The lowest BCUT2D eigenvalue weighted by Crippen LogP contribution is -2.25. The van der Waals surface area contributed by atoms with Gasteiger partial charge in [-0.05, 0) is 36.8 Å². The molecule has 0 aliphatic carbocycles. The van der Waals surface area contributed by atoms with Gasteiger partial charge < -0.3 is 14.4 Å². The SMILES string of the molecule is CCOc1cc(CN(C)C(=O)c2cc3c(Cl)nccc3s2)ccc1OC(F)F. The van der Waals surface area contributed by atoms with E-state index in [0.29, 0.717) is 16.6 Å². The van der Waals surface area contributed by atoms with Crippen molar-refractivity contribution >= 4 is 38.9 Å². The molecule has 0 saturated heterocycles. The van der Waals surface area contributed by atoms with E-state index in [9.17, 15) is 13.6 Å². The van der Waals surface area contributed by atoms with Crippen molar-refractivity contribution in [3.8, 4) is 11.5 Å². The summed E-state index contributed by atoms with van der Waals surface area (Å²) in [5.41, 5.74) is 0.724. The van der Waals surface area contributed by atoms with Crippen LogP contribution in [0.25, 0.3) is 10.1 Å². The molecule has 0 aliphatic heterocycles. The van der Waals surface area contributed by atoms with Gasteiger partial charge in [0.25, 0.3) is 5.91 Å². The molecule has 0 aliphatic rings. The fourth-order valence-electron chi connectivity index (χ4n) is 2.68. The van der Waals surface area contributed by atoms with Crippen molar-refractivity contribution in [2.75, 3.05) is 13.7 Å². The zero-order valence-electron chi connectivity index (χ0n) is 15.1. The number of aromatic nitrogens is 1. The topological polar surface area (TPSA) is 51.7 Å². The normalized spacial score (nSPS) is 11.1. The van der Waals surface area contributed by atoms with Gasteiger partial charge in [-0.25, -0.2) is 4.98 Å².